The monoisotopic (exact) mass is 343 g/mol. The second kappa shape index (κ2) is 6.66. The first-order valence-electron chi connectivity index (χ1n) is 7.09. The summed E-state index contributed by atoms with van der Waals surface area (Å²) in [4.78, 5) is 23.4. The Kier molecular flexibility index (Phi) is 5.03. The Morgan fingerprint density at radius 1 is 1.30 bits per heavy atom. The minimum Gasteiger partial charge on any atom is -0.455 e. The smallest absolute Gasteiger partial charge is 0.310 e. The summed E-state index contributed by atoms with van der Waals surface area (Å²) < 4.78 is 40.5. The van der Waals surface area contributed by atoms with E-state index >= 15 is 0 Å². The van der Waals surface area contributed by atoms with E-state index in [0.717, 1.165) is 0 Å². The van der Waals surface area contributed by atoms with E-state index in [1.54, 1.807) is 6.92 Å². The van der Waals surface area contributed by atoms with Crippen LogP contribution in [0, 0.1) is 5.82 Å². The van der Waals surface area contributed by atoms with Gasteiger partial charge in [-0.25, -0.2) is 12.8 Å². The quantitative estimate of drug-likeness (QED) is 0.791. The van der Waals surface area contributed by atoms with Crippen LogP contribution in [0.25, 0.3) is 0 Å². The fourth-order valence-corrected chi connectivity index (χ4v) is 4.54. The number of hydrogen-bond donors (Lipinski definition) is 1. The molecule has 1 fully saturated rings. The molecule has 6 nitrogen and oxygen atoms in total. The molecule has 1 amide bonds. The van der Waals surface area contributed by atoms with Crippen LogP contribution in [-0.4, -0.2) is 43.9 Å². The molecule has 0 spiro atoms. The zero-order chi connectivity index (χ0) is 17.1. The molecule has 0 aliphatic carbocycles. The molecule has 1 atom stereocenters. The van der Waals surface area contributed by atoms with Crippen LogP contribution in [0.5, 0.6) is 0 Å². The van der Waals surface area contributed by atoms with Crippen molar-refractivity contribution in [2.75, 3.05) is 18.1 Å². The number of carbonyl (C=O) groups excluding carboxylic acids is 2. The van der Waals surface area contributed by atoms with E-state index in [1.165, 1.54) is 24.3 Å². The maximum Gasteiger partial charge on any atom is 0.310 e. The highest BCUT2D eigenvalue weighted by atomic mass is 32.2. The van der Waals surface area contributed by atoms with Gasteiger partial charge < -0.3 is 10.1 Å². The van der Waals surface area contributed by atoms with E-state index in [4.69, 9.17) is 4.74 Å². The summed E-state index contributed by atoms with van der Waals surface area (Å²) in [7, 11) is -3.13. The molecule has 1 N–H and O–H groups in total. The number of nitrogens with one attached hydrogen (secondary N) is 1. The van der Waals surface area contributed by atoms with Gasteiger partial charge in [0.2, 0.25) is 0 Å². The number of ether oxygens (including phenoxy) is 1. The third kappa shape index (κ3) is 5.31. The standard InChI is InChI=1S/C15H18FNO5S/c1-15(6-7-23(20,21)10-15)17-13(18)9-22-14(19)8-11-2-4-12(16)5-3-11/h2-5H,6-10H2,1H3,(H,17,18)/t15-/m1/s1. The molecule has 1 aliphatic rings. The second-order valence-corrected chi connectivity index (χ2v) is 8.10. The van der Waals surface area contributed by atoms with Gasteiger partial charge in [-0.15, -0.1) is 0 Å². The Labute approximate surface area is 133 Å². The van der Waals surface area contributed by atoms with Gasteiger partial charge in [0.05, 0.1) is 23.5 Å². The van der Waals surface area contributed by atoms with Crippen molar-refractivity contribution in [1.82, 2.24) is 5.32 Å². The Hall–Kier alpha value is -1.96. The number of rotatable bonds is 5. The van der Waals surface area contributed by atoms with Crippen molar-refractivity contribution in [1.29, 1.82) is 0 Å². The van der Waals surface area contributed by atoms with Crippen LogP contribution in [-0.2, 0) is 30.6 Å². The molecule has 0 bridgehead atoms. The topological polar surface area (TPSA) is 89.5 Å². The molecule has 1 saturated heterocycles. The summed E-state index contributed by atoms with van der Waals surface area (Å²) in [5, 5.41) is 2.59. The third-order valence-corrected chi connectivity index (χ3v) is 5.47. The molecule has 0 radical (unpaired) electrons. The highest BCUT2D eigenvalue weighted by Gasteiger charge is 2.39. The largest absolute Gasteiger partial charge is 0.455 e. The molecule has 126 valence electrons. The lowest BCUT2D eigenvalue weighted by atomic mass is 10.0. The summed E-state index contributed by atoms with van der Waals surface area (Å²) in [5.74, 6) is -1.64. The average Bonchev–Trinajstić information content (AvgIpc) is 2.73. The van der Waals surface area contributed by atoms with Gasteiger partial charge >= 0.3 is 5.97 Å². The van der Waals surface area contributed by atoms with Gasteiger partial charge in [0.15, 0.2) is 16.4 Å². The van der Waals surface area contributed by atoms with Gasteiger partial charge in [-0.2, -0.15) is 0 Å². The third-order valence-electron chi connectivity index (χ3n) is 3.57. The Morgan fingerprint density at radius 3 is 2.52 bits per heavy atom. The molecule has 1 aliphatic heterocycles. The molecule has 8 heteroatoms. The van der Waals surface area contributed by atoms with Crippen molar-refractivity contribution in [3.63, 3.8) is 0 Å². The molecule has 1 aromatic rings. The molecule has 0 unspecified atom stereocenters. The van der Waals surface area contributed by atoms with Gasteiger partial charge in [-0.1, -0.05) is 12.1 Å². The van der Waals surface area contributed by atoms with Gasteiger partial charge in [0.25, 0.3) is 5.91 Å². The molecular formula is C15H18FNO5S. The van der Waals surface area contributed by atoms with Crippen LogP contribution in [0.15, 0.2) is 24.3 Å². The van der Waals surface area contributed by atoms with Gasteiger partial charge in [0, 0.05) is 0 Å². The van der Waals surface area contributed by atoms with Gasteiger partial charge in [0.1, 0.15) is 5.82 Å². The number of hydrogen-bond acceptors (Lipinski definition) is 5. The van der Waals surface area contributed by atoms with Crippen molar-refractivity contribution >= 4 is 21.7 Å². The summed E-state index contributed by atoms with van der Waals surface area (Å²) in [6.07, 6.45) is 0.268. The molecule has 1 aromatic carbocycles. The SMILES string of the molecule is C[C@@]1(NC(=O)COC(=O)Cc2ccc(F)cc2)CCS(=O)(=O)C1. The van der Waals surface area contributed by atoms with E-state index in [-0.39, 0.29) is 17.9 Å². The number of esters is 1. The van der Waals surface area contributed by atoms with E-state index in [2.05, 4.69) is 5.32 Å². The first-order chi connectivity index (χ1) is 10.7. The van der Waals surface area contributed by atoms with Crippen LogP contribution in [0.4, 0.5) is 4.39 Å². The normalized spacial score (nSPS) is 22.5. The van der Waals surface area contributed by atoms with Crippen LogP contribution in [0.3, 0.4) is 0 Å². The molecular weight excluding hydrogens is 325 g/mol. The maximum atomic E-state index is 12.8. The highest BCUT2D eigenvalue weighted by molar-refractivity contribution is 7.91. The minimum absolute atomic E-state index is 0.0358. The Bertz CT molecular complexity index is 701. The van der Waals surface area contributed by atoms with Crippen molar-refractivity contribution in [3.8, 4) is 0 Å². The summed E-state index contributed by atoms with van der Waals surface area (Å²) in [5.41, 5.74) is -0.245. The molecule has 23 heavy (non-hydrogen) atoms. The van der Waals surface area contributed by atoms with Crippen LogP contribution in [0.2, 0.25) is 0 Å². The fourth-order valence-electron chi connectivity index (χ4n) is 2.45. The molecule has 0 saturated carbocycles. The highest BCUT2D eigenvalue weighted by Crippen LogP contribution is 2.22. The van der Waals surface area contributed by atoms with Crippen LogP contribution < -0.4 is 5.32 Å². The average molecular weight is 343 g/mol. The van der Waals surface area contributed by atoms with Crippen molar-refractivity contribution < 1.29 is 27.1 Å². The van der Waals surface area contributed by atoms with Crippen molar-refractivity contribution in [3.05, 3.63) is 35.6 Å². The first-order valence-corrected chi connectivity index (χ1v) is 8.91. The summed E-state index contributed by atoms with van der Waals surface area (Å²) in [6, 6.07) is 5.38. The van der Waals surface area contributed by atoms with Crippen molar-refractivity contribution in [2.24, 2.45) is 0 Å². The zero-order valence-electron chi connectivity index (χ0n) is 12.7. The first kappa shape index (κ1) is 17.4. The van der Waals surface area contributed by atoms with Gasteiger partial charge in [-0.3, -0.25) is 9.59 Å². The lowest BCUT2D eigenvalue weighted by molar-refractivity contribution is -0.148. The molecule has 1 heterocycles. The maximum absolute atomic E-state index is 12.8. The van der Waals surface area contributed by atoms with E-state index in [1.807, 2.05) is 0 Å². The van der Waals surface area contributed by atoms with E-state index in [9.17, 15) is 22.4 Å². The van der Waals surface area contributed by atoms with Crippen LogP contribution in [0.1, 0.15) is 18.9 Å². The Balaban J connectivity index is 1.78. The predicted molar refractivity (Wildman–Crippen MR) is 80.9 cm³/mol. The van der Waals surface area contributed by atoms with Crippen LogP contribution >= 0.6 is 0 Å². The summed E-state index contributed by atoms with van der Waals surface area (Å²) in [6.45, 7) is 1.17. The fraction of sp³-hybridized carbons (Fsp3) is 0.467. The number of benzene rings is 1. The minimum atomic E-state index is -3.13. The molecule has 2 rings (SSSR count). The van der Waals surface area contributed by atoms with E-state index in [0.29, 0.717) is 12.0 Å². The number of halogens is 1. The lowest BCUT2D eigenvalue weighted by Gasteiger charge is -2.23. The molecule has 0 aromatic heterocycles. The predicted octanol–water partition coefficient (Wildman–Crippen LogP) is 0.605. The van der Waals surface area contributed by atoms with Gasteiger partial charge in [-0.05, 0) is 31.0 Å². The lowest BCUT2D eigenvalue weighted by Crippen LogP contribution is -2.48. The number of carbonyl (C=O) groups is 2. The zero-order valence-corrected chi connectivity index (χ0v) is 13.5. The summed E-state index contributed by atoms with van der Waals surface area (Å²) >= 11 is 0. The Morgan fingerprint density at radius 2 is 1.96 bits per heavy atom. The number of sulfone groups is 1. The van der Waals surface area contributed by atoms with Crippen molar-refractivity contribution in [2.45, 2.75) is 25.3 Å². The van der Waals surface area contributed by atoms with E-state index < -0.39 is 39.7 Å². The number of amides is 1. The second-order valence-electron chi connectivity index (χ2n) is 5.91.